The summed E-state index contributed by atoms with van der Waals surface area (Å²) in [6.07, 6.45) is -4.79. The molecule has 3 rings (SSSR count). The van der Waals surface area contributed by atoms with Crippen LogP contribution < -0.4 is 9.62 Å². The summed E-state index contributed by atoms with van der Waals surface area (Å²) in [5, 5.41) is 2.33. The van der Waals surface area contributed by atoms with E-state index in [1.807, 2.05) is 0 Å². The third-order valence-corrected chi connectivity index (χ3v) is 7.96. The first kappa shape index (κ1) is 30.0. The maximum absolute atomic E-state index is 13.7. The van der Waals surface area contributed by atoms with Gasteiger partial charge in [0.2, 0.25) is 11.8 Å². The molecule has 0 aliphatic heterocycles. The monoisotopic (exact) mass is 581 g/mol. The summed E-state index contributed by atoms with van der Waals surface area (Å²) in [6.45, 7) is 2.53. The summed E-state index contributed by atoms with van der Waals surface area (Å²) in [5.41, 5.74) is -0.995. The van der Waals surface area contributed by atoms with Crippen molar-refractivity contribution in [3.05, 3.63) is 95.0 Å². The molecule has 0 aromatic heterocycles. The van der Waals surface area contributed by atoms with E-state index in [0.717, 1.165) is 12.1 Å². The number of nitrogens with zero attached hydrogens (tertiary/aromatic N) is 2. The van der Waals surface area contributed by atoms with Crippen LogP contribution in [0.15, 0.2) is 83.8 Å². The van der Waals surface area contributed by atoms with Crippen LogP contribution in [0.2, 0.25) is 5.02 Å². The van der Waals surface area contributed by atoms with E-state index in [2.05, 4.69) is 5.32 Å². The zero-order valence-electron chi connectivity index (χ0n) is 21.2. The third kappa shape index (κ3) is 7.30. The number of carbonyl (C=O) groups is 2. The lowest BCUT2D eigenvalue weighted by atomic mass is 10.1. The van der Waals surface area contributed by atoms with E-state index in [9.17, 15) is 31.2 Å². The van der Waals surface area contributed by atoms with Crippen LogP contribution in [-0.4, -0.2) is 44.3 Å². The Kier molecular flexibility index (Phi) is 9.63. The molecule has 12 heteroatoms. The minimum absolute atomic E-state index is 0.0481. The molecule has 0 unspecified atom stereocenters. The predicted molar refractivity (Wildman–Crippen MR) is 143 cm³/mol. The van der Waals surface area contributed by atoms with E-state index in [1.54, 1.807) is 43.3 Å². The summed E-state index contributed by atoms with van der Waals surface area (Å²) in [5.74, 6) is -1.29. The van der Waals surface area contributed by atoms with Gasteiger partial charge in [-0.3, -0.25) is 13.9 Å². The van der Waals surface area contributed by atoms with E-state index < -0.39 is 51.9 Å². The quantitative estimate of drug-likeness (QED) is 0.361. The number of carbonyl (C=O) groups excluding carboxylic acids is 2. The van der Waals surface area contributed by atoms with Gasteiger partial charge in [-0.1, -0.05) is 60.1 Å². The summed E-state index contributed by atoms with van der Waals surface area (Å²) in [6, 6.07) is 16.9. The van der Waals surface area contributed by atoms with E-state index in [4.69, 9.17) is 11.6 Å². The second-order valence-electron chi connectivity index (χ2n) is 8.57. The van der Waals surface area contributed by atoms with Gasteiger partial charge < -0.3 is 10.2 Å². The van der Waals surface area contributed by atoms with Crippen molar-refractivity contribution >= 4 is 39.1 Å². The van der Waals surface area contributed by atoms with Gasteiger partial charge in [0.05, 0.1) is 21.2 Å². The Hall–Kier alpha value is -3.57. The van der Waals surface area contributed by atoms with Gasteiger partial charge in [0.1, 0.15) is 12.6 Å². The summed E-state index contributed by atoms with van der Waals surface area (Å²) in [7, 11) is -4.56. The van der Waals surface area contributed by atoms with Crippen molar-refractivity contribution in [3.63, 3.8) is 0 Å². The van der Waals surface area contributed by atoms with Gasteiger partial charge in [-0.2, -0.15) is 13.2 Å². The van der Waals surface area contributed by atoms with Crippen LogP contribution in [0.4, 0.5) is 18.9 Å². The lowest BCUT2D eigenvalue weighted by molar-refractivity contribution is -0.139. The zero-order chi connectivity index (χ0) is 28.8. The Morgan fingerprint density at radius 3 is 2.13 bits per heavy atom. The number of benzene rings is 3. The SMILES string of the molecule is CCNC(=O)[C@@H](C)N(Cc1ccccc1)C(=O)CN(c1cc(C(F)(F)F)ccc1Cl)S(=O)(=O)c1ccccc1. The number of alkyl halides is 3. The number of rotatable bonds is 10. The molecule has 208 valence electrons. The second kappa shape index (κ2) is 12.5. The van der Waals surface area contributed by atoms with Crippen molar-refractivity contribution in [2.45, 2.75) is 37.5 Å². The number of likely N-dealkylation sites (N-methyl/N-ethyl adjacent to an activating group) is 1. The molecular weight excluding hydrogens is 555 g/mol. The molecule has 0 radical (unpaired) electrons. The molecule has 0 bridgehead atoms. The number of amides is 2. The fourth-order valence-corrected chi connectivity index (χ4v) is 5.51. The molecule has 1 N–H and O–H groups in total. The average Bonchev–Trinajstić information content (AvgIpc) is 2.90. The first-order valence-corrected chi connectivity index (χ1v) is 13.7. The van der Waals surface area contributed by atoms with Crippen LogP contribution in [0.5, 0.6) is 0 Å². The van der Waals surface area contributed by atoms with Crippen molar-refractivity contribution in [2.24, 2.45) is 0 Å². The number of anilines is 1. The van der Waals surface area contributed by atoms with Crippen LogP contribution >= 0.6 is 11.6 Å². The smallest absolute Gasteiger partial charge is 0.355 e. The minimum Gasteiger partial charge on any atom is -0.355 e. The topological polar surface area (TPSA) is 86.8 Å². The molecule has 0 heterocycles. The standard InChI is InChI=1S/C27H27ClF3N3O4S/c1-3-32-26(36)19(2)33(17-20-10-6-4-7-11-20)25(35)18-34(39(37,38)22-12-8-5-9-13-22)24-16-21(27(29,30)31)14-15-23(24)28/h4-16,19H,3,17-18H2,1-2H3,(H,32,36)/t19-/m1/s1. The largest absolute Gasteiger partial charge is 0.416 e. The van der Waals surface area contributed by atoms with Crippen molar-refractivity contribution in [1.29, 1.82) is 0 Å². The first-order chi connectivity index (χ1) is 18.4. The minimum atomic E-state index is -4.79. The van der Waals surface area contributed by atoms with Crippen molar-refractivity contribution in [1.82, 2.24) is 10.2 Å². The molecular formula is C27H27ClF3N3O4S. The van der Waals surface area contributed by atoms with Crippen molar-refractivity contribution in [3.8, 4) is 0 Å². The Labute approximate surface area is 230 Å². The zero-order valence-corrected chi connectivity index (χ0v) is 22.7. The third-order valence-electron chi connectivity index (χ3n) is 5.87. The van der Waals surface area contributed by atoms with E-state index in [0.29, 0.717) is 22.5 Å². The number of halogens is 4. The van der Waals surface area contributed by atoms with Gasteiger partial charge >= 0.3 is 6.18 Å². The van der Waals surface area contributed by atoms with Crippen molar-refractivity contribution in [2.75, 3.05) is 17.4 Å². The molecule has 0 aliphatic carbocycles. The molecule has 2 amide bonds. The van der Waals surface area contributed by atoms with Crippen LogP contribution in [-0.2, 0) is 32.3 Å². The number of sulfonamides is 1. The first-order valence-electron chi connectivity index (χ1n) is 11.9. The summed E-state index contributed by atoms with van der Waals surface area (Å²) < 4.78 is 68.6. The number of nitrogens with one attached hydrogen (secondary N) is 1. The Bertz CT molecular complexity index is 1400. The van der Waals surface area contributed by atoms with Crippen LogP contribution in [0.1, 0.15) is 25.0 Å². The van der Waals surface area contributed by atoms with Crippen LogP contribution in [0.25, 0.3) is 0 Å². The maximum atomic E-state index is 13.7. The Morgan fingerprint density at radius 1 is 0.974 bits per heavy atom. The second-order valence-corrected chi connectivity index (χ2v) is 10.8. The predicted octanol–water partition coefficient (Wildman–Crippen LogP) is 5.11. The Balaban J connectivity index is 2.12. The van der Waals surface area contributed by atoms with Crippen LogP contribution in [0.3, 0.4) is 0 Å². The molecule has 0 saturated heterocycles. The molecule has 1 atom stereocenters. The van der Waals surface area contributed by atoms with Crippen molar-refractivity contribution < 1.29 is 31.2 Å². The lowest BCUT2D eigenvalue weighted by Crippen LogP contribution is -2.51. The van der Waals surface area contributed by atoms with E-state index in [-0.39, 0.29) is 16.5 Å². The molecule has 3 aromatic carbocycles. The molecule has 0 spiro atoms. The number of hydrogen-bond donors (Lipinski definition) is 1. The molecule has 3 aromatic rings. The number of hydrogen-bond acceptors (Lipinski definition) is 4. The molecule has 39 heavy (non-hydrogen) atoms. The lowest BCUT2D eigenvalue weighted by Gasteiger charge is -2.32. The van der Waals surface area contributed by atoms with Gasteiger partial charge in [0.25, 0.3) is 10.0 Å². The maximum Gasteiger partial charge on any atom is 0.416 e. The van der Waals surface area contributed by atoms with Gasteiger partial charge in [-0.05, 0) is 49.7 Å². The van der Waals surface area contributed by atoms with Gasteiger partial charge in [-0.15, -0.1) is 0 Å². The highest BCUT2D eigenvalue weighted by atomic mass is 35.5. The average molecular weight is 582 g/mol. The molecule has 0 fully saturated rings. The summed E-state index contributed by atoms with van der Waals surface area (Å²) in [4.78, 5) is 27.3. The highest BCUT2D eigenvalue weighted by molar-refractivity contribution is 7.92. The molecule has 0 saturated carbocycles. The fourth-order valence-electron chi connectivity index (χ4n) is 3.80. The highest BCUT2D eigenvalue weighted by Crippen LogP contribution is 2.37. The molecule has 7 nitrogen and oxygen atoms in total. The molecule has 0 aliphatic rings. The van der Waals surface area contributed by atoms with Gasteiger partial charge in [0.15, 0.2) is 0 Å². The van der Waals surface area contributed by atoms with Gasteiger partial charge in [-0.25, -0.2) is 8.42 Å². The van der Waals surface area contributed by atoms with Crippen LogP contribution in [0, 0.1) is 0 Å². The highest BCUT2D eigenvalue weighted by Gasteiger charge is 2.36. The normalized spacial score (nSPS) is 12.5. The Morgan fingerprint density at radius 2 is 1.56 bits per heavy atom. The van der Waals surface area contributed by atoms with E-state index >= 15 is 0 Å². The fraction of sp³-hybridized carbons (Fsp3) is 0.259. The van der Waals surface area contributed by atoms with Gasteiger partial charge in [0, 0.05) is 13.1 Å². The summed E-state index contributed by atoms with van der Waals surface area (Å²) >= 11 is 6.22. The van der Waals surface area contributed by atoms with E-state index in [1.165, 1.54) is 36.1 Å².